The number of hydrogen-bond donors (Lipinski definition) is 3. The molecular formula is C11H23N3O2. The van der Waals surface area contributed by atoms with E-state index in [1.807, 2.05) is 20.8 Å². The Bertz CT molecular complexity index is 217. The third-order valence-corrected chi connectivity index (χ3v) is 1.95. The Labute approximate surface area is 97.4 Å². The van der Waals surface area contributed by atoms with E-state index in [0.717, 1.165) is 0 Å². The first kappa shape index (κ1) is 14.9. The average Bonchev–Trinajstić information content (AvgIpc) is 2.17. The van der Waals surface area contributed by atoms with Gasteiger partial charge in [0.05, 0.1) is 0 Å². The Morgan fingerprint density at radius 1 is 1.00 bits per heavy atom. The third kappa shape index (κ3) is 9.45. The molecule has 0 unspecified atom stereocenters. The van der Waals surface area contributed by atoms with Gasteiger partial charge in [-0.2, -0.15) is 0 Å². The third-order valence-electron chi connectivity index (χ3n) is 1.95. The van der Waals surface area contributed by atoms with Gasteiger partial charge in [-0.1, -0.05) is 13.8 Å². The number of carbonyl (C=O) groups excluding carboxylic acids is 2. The molecule has 0 atom stereocenters. The van der Waals surface area contributed by atoms with Crippen molar-refractivity contribution in [2.24, 2.45) is 0 Å². The smallest absolute Gasteiger partial charge is 0.221 e. The van der Waals surface area contributed by atoms with Crippen LogP contribution in [0.2, 0.25) is 0 Å². The van der Waals surface area contributed by atoms with Crippen LogP contribution in [0.1, 0.15) is 33.6 Å². The minimum Gasteiger partial charge on any atom is -0.356 e. The molecule has 0 radical (unpaired) electrons. The highest BCUT2D eigenvalue weighted by atomic mass is 16.2. The summed E-state index contributed by atoms with van der Waals surface area (Å²) in [6.45, 7) is 7.65. The van der Waals surface area contributed by atoms with Crippen LogP contribution in [-0.2, 0) is 9.59 Å². The monoisotopic (exact) mass is 229 g/mol. The van der Waals surface area contributed by atoms with Gasteiger partial charge in [-0.3, -0.25) is 9.59 Å². The highest BCUT2D eigenvalue weighted by Gasteiger charge is 2.03. The average molecular weight is 229 g/mol. The lowest BCUT2D eigenvalue weighted by Crippen LogP contribution is -2.33. The lowest BCUT2D eigenvalue weighted by Gasteiger charge is -2.08. The largest absolute Gasteiger partial charge is 0.356 e. The van der Waals surface area contributed by atoms with E-state index in [0.29, 0.717) is 38.5 Å². The second-order valence-corrected chi connectivity index (χ2v) is 3.91. The normalized spacial score (nSPS) is 10.2. The Morgan fingerprint density at radius 2 is 1.56 bits per heavy atom. The maximum absolute atomic E-state index is 11.3. The summed E-state index contributed by atoms with van der Waals surface area (Å²) < 4.78 is 0. The zero-order valence-electron chi connectivity index (χ0n) is 10.4. The van der Waals surface area contributed by atoms with Crippen molar-refractivity contribution in [1.82, 2.24) is 16.0 Å². The molecule has 0 aromatic heterocycles. The van der Waals surface area contributed by atoms with Crippen molar-refractivity contribution in [3.05, 3.63) is 0 Å². The maximum atomic E-state index is 11.3. The lowest BCUT2D eigenvalue weighted by molar-refractivity contribution is -0.122. The highest BCUT2D eigenvalue weighted by Crippen LogP contribution is 1.83. The Hall–Kier alpha value is -1.10. The summed E-state index contributed by atoms with van der Waals surface area (Å²) in [5.74, 6) is -0.0412. The van der Waals surface area contributed by atoms with Crippen LogP contribution in [0.25, 0.3) is 0 Å². The summed E-state index contributed by atoms with van der Waals surface area (Å²) in [6, 6.07) is 0.392. The molecular weight excluding hydrogens is 206 g/mol. The van der Waals surface area contributed by atoms with Gasteiger partial charge in [-0.05, 0) is 6.92 Å². The summed E-state index contributed by atoms with van der Waals surface area (Å²) >= 11 is 0. The van der Waals surface area contributed by atoms with Crippen LogP contribution in [0.15, 0.2) is 0 Å². The fourth-order valence-electron chi connectivity index (χ4n) is 1.16. The molecule has 0 saturated heterocycles. The number of nitrogens with one attached hydrogen (secondary N) is 3. The predicted molar refractivity (Wildman–Crippen MR) is 64.1 cm³/mol. The van der Waals surface area contributed by atoms with E-state index in [-0.39, 0.29) is 11.8 Å². The predicted octanol–water partition coefficient (Wildman–Crippen LogP) is 0.0169. The molecule has 0 aliphatic rings. The second kappa shape index (κ2) is 9.15. The van der Waals surface area contributed by atoms with Crippen molar-refractivity contribution in [3.63, 3.8) is 0 Å². The molecule has 0 fully saturated rings. The van der Waals surface area contributed by atoms with E-state index in [2.05, 4.69) is 16.0 Å². The van der Waals surface area contributed by atoms with Crippen molar-refractivity contribution in [2.45, 2.75) is 39.7 Å². The van der Waals surface area contributed by atoms with E-state index in [1.54, 1.807) is 0 Å². The zero-order valence-corrected chi connectivity index (χ0v) is 10.4. The van der Waals surface area contributed by atoms with Gasteiger partial charge in [-0.25, -0.2) is 0 Å². The minimum absolute atomic E-state index is 0.0163. The second-order valence-electron chi connectivity index (χ2n) is 3.91. The van der Waals surface area contributed by atoms with Gasteiger partial charge in [-0.15, -0.1) is 0 Å². The first-order valence-electron chi connectivity index (χ1n) is 5.83. The SMILES string of the molecule is CCNC(=O)CCNC(=O)CCNC(C)C. The van der Waals surface area contributed by atoms with E-state index >= 15 is 0 Å². The van der Waals surface area contributed by atoms with Crippen molar-refractivity contribution in [3.8, 4) is 0 Å². The number of hydrogen-bond acceptors (Lipinski definition) is 3. The highest BCUT2D eigenvalue weighted by molar-refractivity contribution is 5.78. The Balaban J connectivity index is 3.40. The first-order chi connectivity index (χ1) is 7.56. The quantitative estimate of drug-likeness (QED) is 0.549. The summed E-state index contributed by atoms with van der Waals surface area (Å²) in [7, 11) is 0. The van der Waals surface area contributed by atoms with Crippen LogP contribution >= 0.6 is 0 Å². The molecule has 3 N–H and O–H groups in total. The Morgan fingerprint density at radius 3 is 2.12 bits per heavy atom. The molecule has 0 bridgehead atoms. The van der Waals surface area contributed by atoms with Gasteiger partial charge in [0.1, 0.15) is 0 Å². The fraction of sp³-hybridized carbons (Fsp3) is 0.818. The standard InChI is InChI=1S/C11H23N3O2/c1-4-12-10(15)6-8-14-11(16)5-7-13-9(2)3/h9,13H,4-8H2,1-3H3,(H,12,15)(H,14,16). The van der Waals surface area contributed by atoms with Gasteiger partial charge in [0, 0.05) is 38.5 Å². The molecule has 5 heteroatoms. The number of carbonyl (C=O) groups is 2. The summed E-state index contributed by atoms with van der Waals surface area (Å²) in [6.07, 6.45) is 0.796. The molecule has 0 spiro atoms. The van der Waals surface area contributed by atoms with Crippen LogP contribution in [0.3, 0.4) is 0 Å². The molecule has 94 valence electrons. The first-order valence-corrected chi connectivity index (χ1v) is 5.83. The van der Waals surface area contributed by atoms with Crippen LogP contribution < -0.4 is 16.0 Å². The molecule has 0 rings (SSSR count). The van der Waals surface area contributed by atoms with Crippen molar-refractivity contribution >= 4 is 11.8 Å². The molecule has 16 heavy (non-hydrogen) atoms. The van der Waals surface area contributed by atoms with E-state index < -0.39 is 0 Å². The van der Waals surface area contributed by atoms with Crippen molar-refractivity contribution in [1.29, 1.82) is 0 Å². The fourth-order valence-corrected chi connectivity index (χ4v) is 1.16. The summed E-state index contributed by atoms with van der Waals surface area (Å²) in [5, 5.41) is 8.54. The molecule has 0 aliphatic heterocycles. The van der Waals surface area contributed by atoms with Crippen LogP contribution in [-0.4, -0.2) is 37.5 Å². The molecule has 0 aromatic carbocycles. The lowest BCUT2D eigenvalue weighted by atomic mass is 10.3. The van der Waals surface area contributed by atoms with Gasteiger partial charge in [0.25, 0.3) is 0 Å². The molecule has 0 saturated carbocycles. The van der Waals surface area contributed by atoms with E-state index in [4.69, 9.17) is 0 Å². The minimum atomic E-state index is -0.0249. The number of amides is 2. The summed E-state index contributed by atoms with van der Waals surface area (Å²) in [5.41, 5.74) is 0. The van der Waals surface area contributed by atoms with E-state index in [9.17, 15) is 9.59 Å². The molecule has 0 aromatic rings. The molecule has 0 heterocycles. The van der Waals surface area contributed by atoms with Gasteiger partial charge < -0.3 is 16.0 Å². The Kier molecular flexibility index (Phi) is 8.52. The molecule has 2 amide bonds. The molecule has 5 nitrogen and oxygen atoms in total. The zero-order chi connectivity index (χ0) is 12.4. The van der Waals surface area contributed by atoms with Gasteiger partial charge >= 0.3 is 0 Å². The van der Waals surface area contributed by atoms with Crippen LogP contribution in [0.4, 0.5) is 0 Å². The van der Waals surface area contributed by atoms with Gasteiger partial charge in [0.15, 0.2) is 0 Å². The van der Waals surface area contributed by atoms with Crippen LogP contribution in [0.5, 0.6) is 0 Å². The topological polar surface area (TPSA) is 70.2 Å². The van der Waals surface area contributed by atoms with Crippen LogP contribution in [0, 0.1) is 0 Å². The molecule has 0 aliphatic carbocycles. The maximum Gasteiger partial charge on any atom is 0.221 e. The van der Waals surface area contributed by atoms with Gasteiger partial charge in [0.2, 0.25) is 11.8 Å². The number of rotatable bonds is 8. The van der Waals surface area contributed by atoms with Crippen molar-refractivity contribution < 1.29 is 9.59 Å². The van der Waals surface area contributed by atoms with E-state index in [1.165, 1.54) is 0 Å². The summed E-state index contributed by atoms with van der Waals surface area (Å²) in [4.78, 5) is 22.3. The van der Waals surface area contributed by atoms with Crippen molar-refractivity contribution in [2.75, 3.05) is 19.6 Å².